The van der Waals surface area contributed by atoms with E-state index in [1.54, 1.807) is 15.4 Å². The van der Waals surface area contributed by atoms with E-state index in [4.69, 9.17) is 14.2 Å². The predicted octanol–water partition coefficient (Wildman–Crippen LogP) is 3.08. The molecule has 1 aliphatic heterocycles. The number of hydrogen-bond acceptors (Lipinski definition) is 6. The second-order valence-corrected chi connectivity index (χ2v) is 6.78. The molecule has 4 rings (SSSR count). The molecule has 2 unspecified atom stereocenters. The lowest BCUT2D eigenvalue weighted by Crippen LogP contribution is -2.18. The maximum absolute atomic E-state index is 6.25. The van der Waals surface area contributed by atoms with E-state index in [0.717, 1.165) is 17.5 Å². The minimum absolute atomic E-state index is 0.000260. The van der Waals surface area contributed by atoms with Crippen LogP contribution >= 0.6 is 15.9 Å². The monoisotopic (exact) mass is 421 g/mol. The van der Waals surface area contributed by atoms with Gasteiger partial charge in [0.1, 0.15) is 12.3 Å². The molecular formula is C17H20BrN5O3. The van der Waals surface area contributed by atoms with Crippen molar-refractivity contribution in [3.63, 3.8) is 0 Å². The third kappa shape index (κ3) is 3.34. The van der Waals surface area contributed by atoms with Crippen LogP contribution in [-0.4, -0.2) is 50.3 Å². The van der Waals surface area contributed by atoms with Crippen molar-refractivity contribution in [1.29, 1.82) is 0 Å². The van der Waals surface area contributed by atoms with Crippen molar-refractivity contribution in [3.8, 4) is 17.0 Å². The van der Waals surface area contributed by atoms with Crippen LogP contribution in [0.2, 0.25) is 0 Å². The molecule has 3 aromatic rings. The first-order valence-electron chi connectivity index (χ1n) is 8.61. The van der Waals surface area contributed by atoms with Crippen LogP contribution in [-0.2, 0) is 9.47 Å². The first-order chi connectivity index (χ1) is 12.7. The van der Waals surface area contributed by atoms with E-state index in [0.29, 0.717) is 36.1 Å². The molecule has 138 valence electrons. The van der Waals surface area contributed by atoms with Crippen molar-refractivity contribution in [3.05, 3.63) is 29.3 Å². The highest BCUT2D eigenvalue weighted by molar-refractivity contribution is 9.10. The van der Waals surface area contributed by atoms with E-state index in [1.165, 1.54) is 0 Å². The van der Waals surface area contributed by atoms with Crippen molar-refractivity contribution in [1.82, 2.24) is 24.4 Å². The fourth-order valence-corrected chi connectivity index (χ4v) is 3.33. The zero-order chi connectivity index (χ0) is 18.1. The smallest absolute Gasteiger partial charge is 0.225 e. The molecular weight excluding hydrogens is 402 g/mol. The molecule has 1 fully saturated rings. The van der Waals surface area contributed by atoms with Gasteiger partial charge in [0.15, 0.2) is 5.65 Å². The Labute approximate surface area is 159 Å². The van der Waals surface area contributed by atoms with E-state index in [-0.39, 0.29) is 12.3 Å². The molecule has 0 radical (unpaired) electrons. The van der Waals surface area contributed by atoms with Crippen LogP contribution in [0.4, 0.5) is 0 Å². The summed E-state index contributed by atoms with van der Waals surface area (Å²) in [6.07, 6.45) is 4.48. The zero-order valence-corrected chi connectivity index (χ0v) is 16.2. The number of halogens is 1. The molecule has 0 aliphatic carbocycles. The van der Waals surface area contributed by atoms with E-state index in [9.17, 15) is 0 Å². The molecule has 3 aromatic heterocycles. The van der Waals surface area contributed by atoms with Crippen molar-refractivity contribution >= 4 is 21.6 Å². The quantitative estimate of drug-likeness (QED) is 0.608. The Morgan fingerprint density at radius 3 is 3.08 bits per heavy atom. The lowest BCUT2D eigenvalue weighted by Gasteiger charge is -2.16. The summed E-state index contributed by atoms with van der Waals surface area (Å²) in [5, 5.41) is 8.84. The van der Waals surface area contributed by atoms with Gasteiger partial charge < -0.3 is 14.2 Å². The molecule has 0 saturated carbocycles. The summed E-state index contributed by atoms with van der Waals surface area (Å²) in [5.41, 5.74) is 2.54. The molecule has 26 heavy (non-hydrogen) atoms. The van der Waals surface area contributed by atoms with Crippen LogP contribution in [0.15, 0.2) is 29.3 Å². The number of nitrogens with zero attached hydrogens (tertiary/aromatic N) is 5. The average molecular weight is 422 g/mol. The van der Waals surface area contributed by atoms with E-state index < -0.39 is 0 Å². The number of fused-ring (bicyclic) bond motifs is 1. The van der Waals surface area contributed by atoms with Gasteiger partial charge in [-0.3, -0.25) is 0 Å². The molecule has 0 aromatic carbocycles. The SMILES string of the molecule is CCOC(C)n1cc(-c2ccc3nc(Br)nn3c2OC2CCOC2)cn1. The highest BCUT2D eigenvalue weighted by atomic mass is 79.9. The molecule has 8 nitrogen and oxygen atoms in total. The fraction of sp³-hybridized carbons (Fsp3) is 0.471. The minimum Gasteiger partial charge on any atom is -0.471 e. The van der Waals surface area contributed by atoms with Crippen LogP contribution < -0.4 is 4.74 Å². The number of pyridine rings is 1. The minimum atomic E-state index is -0.134. The summed E-state index contributed by atoms with van der Waals surface area (Å²) in [7, 11) is 0. The lowest BCUT2D eigenvalue weighted by molar-refractivity contribution is 0.0160. The molecule has 4 heterocycles. The van der Waals surface area contributed by atoms with Gasteiger partial charge in [-0.25, -0.2) is 9.67 Å². The summed E-state index contributed by atoms with van der Waals surface area (Å²) in [6, 6.07) is 3.89. The maximum atomic E-state index is 6.25. The van der Waals surface area contributed by atoms with E-state index in [1.807, 2.05) is 32.2 Å². The van der Waals surface area contributed by atoms with Gasteiger partial charge in [0.2, 0.25) is 10.6 Å². The Balaban J connectivity index is 1.76. The topological polar surface area (TPSA) is 75.7 Å². The first kappa shape index (κ1) is 17.4. The van der Waals surface area contributed by atoms with Gasteiger partial charge in [0.25, 0.3) is 0 Å². The fourth-order valence-electron chi connectivity index (χ4n) is 2.99. The molecule has 0 bridgehead atoms. The molecule has 0 spiro atoms. The molecule has 0 amide bonds. The standard InChI is InChI=1S/C17H20BrN5O3/c1-3-25-11(2)22-9-12(8-19-22)14-4-5-15-20-17(18)21-23(15)16(14)26-13-6-7-24-10-13/h4-5,8-9,11,13H,3,6-7,10H2,1-2H3. The predicted molar refractivity (Wildman–Crippen MR) is 98.1 cm³/mol. The van der Waals surface area contributed by atoms with Crippen LogP contribution in [0.5, 0.6) is 5.88 Å². The maximum Gasteiger partial charge on any atom is 0.225 e. The van der Waals surface area contributed by atoms with Gasteiger partial charge in [-0.05, 0) is 41.9 Å². The first-order valence-corrected chi connectivity index (χ1v) is 9.41. The van der Waals surface area contributed by atoms with Gasteiger partial charge in [-0.15, -0.1) is 5.10 Å². The van der Waals surface area contributed by atoms with Gasteiger partial charge >= 0.3 is 0 Å². The second-order valence-electron chi connectivity index (χ2n) is 6.07. The van der Waals surface area contributed by atoms with Crippen molar-refractivity contribution in [2.45, 2.75) is 32.6 Å². The molecule has 9 heteroatoms. The molecule has 0 N–H and O–H groups in total. The highest BCUT2D eigenvalue weighted by Crippen LogP contribution is 2.33. The normalized spacial score (nSPS) is 18.5. The molecule has 2 atom stereocenters. The Hall–Kier alpha value is -1.97. The number of ether oxygens (including phenoxy) is 3. The van der Waals surface area contributed by atoms with Gasteiger partial charge in [-0.1, -0.05) is 0 Å². The highest BCUT2D eigenvalue weighted by Gasteiger charge is 2.23. The van der Waals surface area contributed by atoms with Crippen LogP contribution in [0, 0.1) is 0 Å². The average Bonchev–Trinajstić information content (AvgIpc) is 3.34. The molecule has 1 saturated heterocycles. The summed E-state index contributed by atoms with van der Waals surface area (Å²) in [6.45, 7) is 5.84. The third-order valence-corrected chi connectivity index (χ3v) is 4.62. The zero-order valence-electron chi connectivity index (χ0n) is 14.6. The van der Waals surface area contributed by atoms with E-state index in [2.05, 4.69) is 31.1 Å². The van der Waals surface area contributed by atoms with Crippen molar-refractivity contribution < 1.29 is 14.2 Å². The van der Waals surface area contributed by atoms with Crippen molar-refractivity contribution in [2.24, 2.45) is 0 Å². The number of aromatic nitrogens is 5. The van der Waals surface area contributed by atoms with Crippen LogP contribution in [0.3, 0.4) is 0 Å². The third-order valence-electron chi connectivity index (χ3n) is 4.29. The van der Waals surface area contributed by atoms with E-state index >= 15 is 0 Å². The summed E-state index contributed by atoms with van der Waals surface area (Å²) >= 11 is 3.34. The van der Waals surface area contributed by atoms with Gasteiger partial charge in [0, 0.05) is 30.4 Å². The number of rotatable bonds is 6. The largest absolute Gasteiger partial charge is 0.471 e. The number of hydrogen-bond donors (Lipinski definition) is 0. The second kappa shape index (κ2) is 7.34. The lowest BCUT2D eigenvalue weighted by atomic mass is 10.1. The Morgan fingerprint density at radius 1 is 1.42 bits per heavy atom. The Morgan fingerprint density at radius 2 is 2.31 bits per heavy atom. The summed E-state index contributed by atoms with van der Waals surface area (Å²) in [4.78, 5) is 4.36. The van der Waals surface area contributed by atoms with Gasteiger partial charge in [0.05, 0.1) is 19.4 Å². The Kier molecular flexibility index (Phi) is 4.92. The molecule has 1 aliphatic rings. The summed E-state index contributed by atoms with van der Waals surface area (Å²) < 4.78 is 21.3. The van der Waals surface area contributed by atoms with Crippen LogP contribution in [0.25, 0.3) is 16.8 Å². The van der Waals surface area contributed by atoms with Crippen LogP contribution in [0.1, 0.15) is 26.5 Å². The Bertz CT molecular complexity index is 903. The van der Waals surface area contributed by atoms with Gasteiger partial charge in [-0.2, -0.15) is 9.61 Å². The van der Waals surface area contributed by atoms with Crippen molar-refractivity contribution in [2.75, 3.05) is 19.8 Å². The summed E-state index contributed by atoms with van der Waals surface area (Å²) in [5.74, 6) is 0.639.